The number of benzene rings is 3. The number of alkyl halides is 6. The predicted molar refractivity (Wildman–Crippen MR) is 112 cm³/mol. The van der Waals surface area contributed by atoms with Gasteiger partial charge in [-0.3, -0.25) is 4.79 Å². The maximum absolute atomic E-state index is 13.1. The van der Waals surface area contributed by atoms with E-state index in [4.69, 9.17) is 4.74 Å². The molecular weight excluding hydrogens is 464 g/mol. The number of halogens is 6. The van der Waals surface area contributed by atoms with Gasteiger partial charge in [-0.1, -0.05) is 42.5 Å². The molecule has 0 saturated carbocycles. The zero-order chi connectivity index (χ0) is 25.1. The second-order valence-corrected chi connectivity index (χ2v) is 7.62. The number of nitrogens with one attached hydrogen (secondary N) is 1. The van der Waals surface area contributed by atoms with E-state index in [2.05, 4.69) is 5.32 Å². The second kappa shape index (κ2) is 9.74. The predicted octanol–water partition coefficient (Wildman–Crippen LogP) is 5.32. The first kappa shape index (κ1) is 25.1. The molecule has 10 heteroatoms. The summed E-state index contributed by atoms with van der Waals surface area (Å²) in [5, 5.41) is 4.19. The molecule has 0 spiro atoms. The molecule has 0 aromatic heterocycles. The van der Waals surface area contributed by atoms with Gasteiger partial charge in [0.1, 0.15) is 6.04 Å². The van der Waals surface area contributed by atoms with Gasteiger partial charge in [0.2, 0.25) is 5.91 Å². The summed E-state index contributed by atoms with van der Waals surface area (Å²) in [6.07, 6.45) is -10.8. The largest absolute Gasteiger partial charge is 0.467 e. The highest BCUT2D eigenvalue weighted by atomic mass is 19.4. The van der Waals surface area contributed by atoms with E-state index in [1.807, 2.05) is 30.3 Å². The fourth-order valence-corrected chi connectivity index (χ4v) is 3.49. The zero-order valence-electron chi connectivity index (χ0n) is 17.8. The summed E-state index contributed by atoms with van der Waals surface area (Å²) >= 11 is 0. The van der Waals surface area contributed by atoms with E-state index in [1.165, 1.54) is 0 Å². The van der Waals surface area contributed by atoms with Gasteiger partial charge in [-0.2, -0.15) is 26.3 Å². The lowest BCUT2D eigenvalue weighted by atomic mass is 10.0. The molecule has 0 saturated heterocycles. The number of fused-ring (bicyclic) bond motifs is 1. The molecule has 34 heavy (non-hydrogen) atoms. The summed E-state index contributed by atoms with van der Waals surface area (Å²) in [4.78, 5) is 24.7. The van der Waals surface area contributed by atoms with Crippen LogP contribution in [0.5, 0.6) is 0 Å². The molecule has 0 bridgehead atoms. The fourth-order valence-electron chi connectivity index (χ4n) is 3.49. The number of rotatable bonds is 6. The third-order valence-corrected chi connectivity index (χ3v) is 5.09. The van der Waals surface area contributed by atoms with Crippen molar-refractivity contribution in [3.8, 4) is 0 Å². The van der Waals surface area contributed by atoms with Crippen LogP contribution in [0, 0.1) is 0 Å². The van der Waals surface area contributed by atoms with Crippen molar-refractivity contribution >= 4 is 22.6 Å². The standard InChI is InChI=1S/C24H19F6NO3/c1-34-22(33)20(11-14-6-7-16-4-2-3-5-17(16)8-14)31-21(32)12-15-9-18(23(25,26)27)13-19(10-15)24(28,29)30/h2-10,13,20H,11-12H2,1H3,(H,31,32)/t20-/m0/s1. The smallest absolute Gasteiger partial charge is 0.416 e. The number of esters is 1. The van der Waals surface area contributed by atoms with Crippen LogP contribution in [0.15, 0.2) is 60.7 Å². The lowest BCUT2D eigenvalue weighted by Crippen LogP contribution is -2.43. The fraction of sp³-hybridized carbons (Fsp3) is 0.250. The Balaban J connectivity index is 1.81. The minimum absolute atomic E-state index is 0.0135. The first-order valence-corrected chi connectivity index (χ1v) is 10.00. The van der Waals surface area contributed by atoms with Gasteiger partial charge in [0.25, 0.3) is 0 Å². The Morgan fingerprint density at radius 1 is 0.824 bits per heavy atom. The van der Waals surface area contributed by atoms with Gasteiger partial charge in [0, 0.05) is 6.42 Å². The number of hydrogen-bond donors (Lipinski definition) is 1. The Kier molecular flexibility index (Phi) is 7.18. The normalized spacial score (nSPS) is 12.9. The molecule has 0 heterocycles. The minimum Gasteiger partial charge on any atom is -0.467 e. The van der Waals surface area contributed by atoms with Gasteiger partial charge in [-0.25, -0.2) is 4.79 Å². The SMILES string of the molecule is COC(=O)[C@H](Cc1ccc2ccccc2c1)NC(=O)Cc1cc(C(F)(F)F)cc(C(F)(F)F)c1. The van der Waals surface area contributed by atoms with Crippen LogP contribution in [0.2, 0.25) is 0 Å². The molecule has 1 amide bonds. The van der Waals surface area contributed by atoms with Gasteiger partial charge in [-0.15, -0.1) is 0 Å². The van der Waals surface area contributed by atoms with Crippen molar-refractivity contribution < 1.29 is 40.7 Å². The molecular formula is C24H19F6NO3. The Labute approximate surface area is 190 Å². The minimum atomic E-state index is -5.03. The maximum atomic E-state index is 13.1. The zero-order valence-corrected chi connectivity index (χ0v) is 17.8. The van der Waals surface area contributed by atoms with Crippen molar-refractivity contribution in [1.29, 1.82) is 0 Å². The topological polar surface area (TPSA) is 55.4 Å². The van der Waals surface area contributed by atoms with Gasteiger partial charge in [0.15, 0.2) is 0 Å². The molecule has 3 aromatic carbocycles. The molecule has 1 N–H and O–H groups in total. The van der Waals surface area contributed by atoms with Crippen LogP contribution in [-0.4, -0.2) is 25.0 Å². The number of hydrogen-bond acceptors (Lipinski definition) is 3. The highest BCUT2D eigenvalue weighted by molar-refractivity contribution is 5.86. The molecule has 0 aliphatic heterocycles. The average Bonchev–Trinajstić information content (AvgIpc) is 2.76. The van der Waals surface area contributed by atoms with E-state index < -0.39 is 53.4 Å². The molecule has 0 aliphatic rings. The highest BCUT2D eigenvalue weighted by Crippen LogP contribution is 2.36. The number of ether oxygens (including phenoxy) is 1. The van der Waals surface area contributed by atoms with Gasteiger partial charge in [0.05, 0.1) is 24.7 Å². The quantitative estimate of drug-likeness (QED) is 0.382. The van der Waals surface area contributed by atoms with E-state index in [-0.39, 0.29) is 12.5 Å². The van der Waals surface area contributed by atoms with Crippen LogP contribution in [-0.2, 0) is 39.5 Å². The summed E-state index contributed by atoms with van der Waals surface area (Å²) in [5.41, 5.74) is -2.86. The number of carbonyl (C=O) groups excluding carboxylic acids is 2. The van der Waals surface area contributed by atoms with Crippen LogP contribution in [0.3, 0.4) is 0 Å². The van der Waals surface area contributed by atoms with Gasteiger partial charge in [-0.05, 0) is 40.1 Å². The second-order valence-electron chi connectivity index (χ2n) is 7.62. The lowest BCUT2D eigenvalue weighted by molar-refractivity contribution is -0.145. The summed E-state index contributed by atoms with van der Waals surface area (Å²) in [6.45, 7) is 0. The first-order chi connectivity index (χ1) is 15.9. The molecule has 0 fully saturated rings. The van der Waals surface area contributed by atoms with E-state index >= 15 is 0 Å². The van der Waals surface area contributed by atoms with Gasteiger partial charge >= 0.3 is 18.3 Å². The van der Waals surface area contributed by atoms with Crippen molar-refractivity contribution in [2.75, 3.05) is 7.11 Å². The monoisotopic (exact) mass is 483 g/mol. The Bertz CT molecular complexity index is 1170. The third kappa shape index (κ3) is 6.27. The van der Waals surface area contributed by atoms with Crippen LogP contribution < -0.4 is 5.32 Å². The Morgan fingerprint density at radius 3 is 1.97 bits per heavy atom. The molecule has 0 aliphatic carbocycles. The summed E-state index contributed by atoms with van der Waals surface area (Å²) in [7, 11) is 1.10. The number of carbonyl (C=O) groups is 2. The highest BCUT2D eigenvalue weighted by Gasteiger charge is 2.37. The van der Waals surface area contributed by atoms with Crippen molar-refractivity contribution in [3.05, 3.63) is 82.9 Å². The van der Waals surface area contributed by atoms with E-state index in [9.17, 15) is 35.9 Å². The molecule has 180 valence electrons. The van der Waals surface area contributed by atoms with Crippen LogP contribution in [0.1, 0.15) is 22.3 Å². The summed E-state index contributed by atoms with van der Waals surface area (Å²) < 4.78 is 83.1. The molecule has 1 atom stereocenters. The molecule has 0 radical (unpaired) electrons. The first-order valence-electron chi connectivity index (χ1n) is 10.00. The van der Waals surface area contributed by atoms with E-state index in [1.54, 1.807) is 12.1 Å². The molecule has 3 rings (SSSR count). The third-order valence-electron chi connectivity index (χ3n) is 5.09. The summed E-state index contributed by atoms with van der Waals surface area (Å²) in [5.74, 6) is -1.73. The van der Waals surface area contributed by atoms with Crippen LogP contribution in [0.4, 0.5) is 26.3 Å². The Morgan fingerprint density at radius 2 is 1.41 bits per heavy atom. The number of methoxy groups -OCH3 is 1. The van der Waals surface area contributed by atoms with Crippen molar-refractivity contribution in [2.45, 2.75) is 31.2 Å². The lowest BCUT2D eigenvalue weighted by Gasteiger charge is -2.18. The molecule has 4 nitrogen and oxygen atoms in total. The summed E-state index contributed by atoms with van der Waals surface area (Å²) in [6, 6.07) is 12.6. The number of amides is 1. The Hall–Kier alpha value is -3.56. The molecule has 0 unspecified atom stereocenters. The van der Waals surface area contributed by atoms with Gasteiger partial charge < -0.3 is 10.1 Å². The molecule has 3 aromatic rings. The average molecular weight is 483 g/mol. The van der Waals surface area contributed by atoms with E-state index in [0.717, 1.165) is 17.9 Å². The van der Waals surface area contributed by atoms with Crippen LogP contribution >= 0.6 is 0 Å². The van der Waals surface area contributed by atoms with Crippen LogP contribution in [0.25, 0.3) is 10.8 Å². The van der Waals surface area contributed by atoms with Crippen molar-refractivity contribution in [2.24, 2.45) is 0 Å². The maximum Gasteiger partial charge on any atom is 0.416 e. The van der Waals surface area contributed by atoms with Crippen molar-refractivity contribution in [1.82, 2.24) is 5.32 Å². The van der Waals surface area contributed by atoms with Crippen molar-refractivity contribution in [3.63, 3.8) is 0 Å². The van der Waals surface area contributed by atoms with E-state index in [0.29, 0.717) is 17.7 Å².